The molecule has 1 aromatic heterocycles. The fourth-order valence-corrected chi connectivity index (χ4v) is 3.64. The molecule has 1 aliphatic heterocycles. The van der Waals surface area contributed by atoms with Crippen molar-refractivity contribution in [2.75, 3.05) is 13.2 Å². The first-order valence-electron chi connectivity index (χ1n) is 8.95. The predicted molar refractivity (Wildman–Crippen MR) is 106 cm³/mol. The summed E-state index contributed by atoms with van der Waals surface area (Å²) in [6.45, 7) is 4.79. The van der Waals surface area contributed by atoms with Crippen LogP contribution in [0.5, 0.6) is 11.5 Å². The molecule has 0 saturated heterocycles. The van der Waals surface area contributed by atoms with Crippen LogP contribution in [0, 0.1) is 6.92 Å². The van der Waals surface area contributed by atoms with Crippen molar-refractivity contribution in [2.24, 2.45) is 7.05 Å². The molecule has 4 rings (SSSR count). The molecular formula is C21H22ClN3O2. The van der Waals surface area contributed by atoms with Crippen LogP contribution >= 0.6 is 11.6 Å². The molecule has 0 radical (unpaired) electrons. The number of halogens is 1. The number of phenolic OH excluding ortho intramolecular Hbond substituents is 1. The maximum Gasteiger partial charge on any atom is 0.165 e. The van der Waals surface area contributed by atoms with Gasteiger partial charge in [0, 0.05) is 43.5 Å². The van der Waals surface area contributed by atoms with Crippen LogP contribution in [0.3, 0.4) is 0 Å². The number of aromatic nitrogens is 2. The Kier molecular flexibility index (Phi) is 4.81. The number of ether oxygens (including phenoxy) is 1. The van der Waals surface area contributed by atoms with Gasteiger partial charge >= 0.3 is 0 Å². The highest BCUT2D eigenvalue weighted by Crippen LogP contribution is 2.38. The van der Waals surface area contributed by atoms with Crippen LogP contribution in [-0.4, -0.2) is 32.7 Å². The van der Waals surface area contributed by atoms with E-state index in [1.54, 1.807) is 6.07 Å². The lowest BCUT2D eigenvalue weighted by Crippen LogP contribution is -2.26. The van der Waals surface area contributed by atoms with Crippen molar-refractivity contribution < 1.29 is 9.84 Å². The summed E-state index contributed by atoms with van der Waals surface area (Å²) in [7, 11) is 2.03. The molecule has 1 aliphatic rings. The number of fused-ring (bicyclic) bond motifs is 1. The van der Waals surface area contributed by atoms with Gasteiger partial charge in [-0.15, -0.1) is 0 Å². The van der Waals surface area contributed by atoms with E-state index in [4.69, 9.17) is 16.3 Å². The van der Waals surface area contributed by atoms with Gasteiger partial charge in [0.25, 0.3) is 0 Å². The van der Waals surface area contributed by atoms with E-state index >= 15 is 0 Å². The summed E-state index contributed by atoms with van der Waals surface area (Å²) in [5, 5.41) is 11.2. The lowest BCUT2D eigenvalue weighted by molar-refractivity contribution is 0.214. The minimum Gasteiger partial charge on any atom is -0.504 e. The Hall–Kier alpha value is -2.50. The van der Waals surface area contributed by atoms with Crippen molar-refractivity contribution in [2.45, 2.75) is 20.0 Å². The standard InChI is InChI=1S/C21H22ClN3O2/c1-14-23-11-19(24(14)2)13-25-6-7-27-21-17(12-25)8-16(10-20(21)26)15-4-3-5-18(22)9-15/h3-5,8-11,26H,6-7,12-13H2,1-2H3. The predicted octanol–water partition coefficient (Wildman–Crippen LogP) is 4.15. The van der Waals surface area contributed by atoms with E-state index in [1.807, 2.05) is 44.4 Å². The average molecular weight is 384 g/mol. The third-order valence-electron chi connectivity index (χ3n) is 5.05. The molecule has 0 unspecified atom stereocenters. The van der Waals surface area contributed by atoms with Crippen LogP contribution in [0.1, 0.15) is 17.1 Å². The number of hydrogen-bond acceptors (Lipinski definition) is 4. The summed E-state index contributed by atoms with van der Waals surface area (Å²) in [5.74, 6) is 1.74. The molecule has 0 bridgehead atoms. The van der Waals surface area contributed by atoms with Crippen LogP contribution in [0.25, 0.3) is 11.1 Å². The van der Waals surface area contributed by atoms with E-state index in [0.29, 0.717) is 23.9 Å². The van der Waals surface area contributed by atoms with E-state index in [2.05, 4.69) is 20.5 Å². The molecule has 0 atom stereocenters. The second kappa shape index (κ2) is 7.25. The zero-order valence-electron chi connectivity index (χ0n) is 15.4. The monoisotopic (exact) mass is 383 g/mol. The first-order valence-corrected chi connectivity index (χ1v) is 9.33. The SMILES string of the molecule is Cc1ncc(CN2CCOc3c(O)cc(-c4cccc(Cl)c4)cc3C2)n1C. The number of phenols is 1. The van der Waals surface area contributed by atoms with Crippen LogP contribution in [-0.2, 0) is 20.1 Å². The summed E-state index contributed by atoms with van der Waals surface area (Å²) < 4.78 is 7.96. The molecule has 0 spiro atoms. The van der Waals surface area contributed by atoms with Crippen molar-refractivity contribution in [1.29, 1.82) is 0 Å². The Morgan fingerprint density at radius 1 is 1.22 bits per heavy atom. The Morgan fingerprint density at radius 2 is 2.07 bits per heavy atom. The summed E-state index contributed by atoms with van der Waals surface area (Å²) in [5.41, 5.74) is 4.03. The summed E-state index contributed by atoms with van der Waals surface area (Å²) in [4.78, 5) is 6.69. The lowest BCUT2D eigenvalue weighted by Gasteiger charge is -2.20. The van der Waals surface area contributed by atoms with Gasteiger partial charge in [-0.05, 0) is 42.3 Å². The molecule has 0 fully saturated rings. The third kappa shape index (κ3) is 3.66. The number of aryl methyl sites for hydroxylation is 1. The number of aromatic hydroxyl groups is 1. The summed E-state index contributed by atoms with van der Waals surface area (Å²) >= 11 is 6.13. The first kappa shape index (κ1) is 17.9. The topological polar surface area (TPSA) is 50.5 Å². The van der Waals surface area contributed by atoms with E-state index < -0.39 is 0 Å². The molecule has 2 heterocycles. The van der Waals surface area contributed by atoms with E-state index in [9.17, 15) is 5.11 Å². The molecular weight excluding hydrogens is 362 g/mol. The fraction of sp³-hybridized carbons (Fsp3) is 0.286. The minimum atomic E-state index is 0.167. The summed E-state index contributed by atoms with van der Waals surface area (Å²) in [6, 6.07) is 11.5. The van der Waals surface area contributed by atoms with Gasteiger partial charge in [0.15, 0.2) is 11.5 Å². The van der Waals surface area contributed by atoms with Crippen LogP contribution in [0.2, 0.25) is 5.02 Å². The van der Waals surface area contributed by atoms with Gasteiger partial charge in [-0.1, -0.05) is 23.7 Å². The Bertz CT molecular complexity index is 984. The number of imidazole rings is 1. The van der Waals surface area contributed by atoms with Gasteiger partial charge in [-0.2, -0.15) is 0 Å². The smallest absolute Gasteiger partial charge is 0.165 e. The maximum absolute atomic E-state index is 10.5. The summed E-state index contributed by atoms with van der Waals surface area (Å²) in [6.07, 6.45) is 1.92. The van der Waals surface area contributed by atoms with Gasteiger partial charge in [0.1, 0.15) is 12.4 Å². The third-order valence-corrected chi connectivity index (χ3v) is 5.29. The van der Waals surface area contributed by atoms with Crippen LogP contribution in [0.15, 0.2) is 42.6 Å². The van der Waals surface area contributed by atoms with Crippen LogP contribution in [0.4, 0.5) is 0 Å². The molecule has 5 nitrogen and oxygen atoms in total. The zero-order valence-corrected chi connectivity index (χ0v) is 16.2. The van der Waals surface area contributed by atoms with E-state index in [0.717, 1.165) is 41.3 Å². The van der Waals surface area contributed by atoms with Gasteiger partial charge in [0.05, 0.1) is 5.69 Å². The second-order valence-electron chi connectivity index (χ2n) is 6.91. The molecule has 3 aromatic rings. The van der Waals surface area contributed by atoms with Crippen molar-refractivity contribution >= 4 is 11.6 Å². The lowest BCUT2D eigenvalue weighted by atomic mass is 10.0. The molecule has 6 heteroatoms. The molecule has 0 aliphatic carbocycles. The van der Waals surface area contributed by atoms with E-state index in [1.165, 1.54) is 0 Å². The maximum atomic E-state index is 10.5. The molecule has 2 aromatic carbocycles. The number of nitrogens with zero attached hydrogens (tertiary/aromatic N) is 3. The number of benzene rings is 2. The van der Waals surface area contributed by atoms with Gasteiger partial charge in [-0.3, -0.25) is 4.90 Å². The quantitative estimate of drug-likeness (QED) is 0.738. The molecule has 27 heavy (non-hydrogen) atoms. The van der Waals surface area contributed by atoms with Crippen molar-refractivity contribution in [3.63, 3.8) is 0 Å². The molecule has 0 amide bonds. The highest BCUT2D eigenvalue weighted by molar-refractivity contribution is 6.30. The number of rotatable bonds is 3. The Labute approximate surface area is 163 Å². The van der Waals surface area contributed by atoms with Crippen molar-refractivity contribution in [3.8, 4) is 22.6 Å². The fourth-order valence-electron chi connectivity index (χ4n) is 3.45. The number of hydrogen-bond donors (Lipinski definition) is 1. The second-order valence-corrected chi connectivity index (χ2v) is 7.35. The molecule has 140 valence electrons. The highest BCUT2D eigenvalue weighted by atomic mass is 35.5. The van der Waals surface area contributed by atoms with Gasteiger partial charge in [-0.25, -0.2) is 4.98 Å². The Balaban J connectivity index is 1.65. The van der Waals surface area contributed by atoms with Crippen molar-refractivity contribution in [1.82, 2.24) is 14.5 Å². The van der Waals surface area contributed by atoms with Crippen molar-refractivity contribution in [3.05, 3.63) is 64.7 Å². The average Bonchev–Trinajstić information content (AvgIpc) is 2.84. The van der Waals surface area contributed by atoms with Gasteiger partial charge in [0.2, 0.25) is 0 Å². The Morgan fingerprint density at radius 3 is 2.81 bits per heavy atom. The highest BCUT2D eigenvalue weighted by Gasteiger charge is 2.21. The van der Waals surface area contributed by atoms with Crippen LogP contribution < -0.4 is 4.74 Å². The minimum absolute atomic E-state index is 0.167. The van der Waals surface area contributed by atoms with Gasteiger partial charge < -0.3 is 14.4 Å². The molecule has 0 saturated carbocycles. The largest absolute Gasteiger partial charge is 0.504 e. The molecule has 1 N–H and O–H groups in total. The normalized spacial score (nSPS) is 14.5. The zero-order chi connectivity index (χ0) is 19.0. The first-order chi connectivity index (χ1) is 13.0. The van der Waals surface area contributed by atoms with E-state index in [-0.39, 0.29) is 5.75 Å².